The molecule has 0 saturated heterocycles. The molecule has 0 spiro atoms. The maximum absolute atomic E-state index is 5.57. The topological polar surface area (TPSA) is 26.0 Å². The third kappa shape index (κ3) is 0.901. The summed E-state index contributed by atoms with van der Waals surface area (Å²) in [6.45, 7) is 0.878. The minimum atomic E-state index is 0.311. The summed E-state index contributed by atoms with van der Waals surface area (Å²) in [5.41, 5.74) is 5.57. The van der Waals surface area contributed by atoms with E-state index in [0.29, 0.717) is 3.23 Å². The molecule has 3 heteroatoms. The van der Waals surface area contributed by atoms with Crippen LogP contribution in [-0.2, 0) is 0 Å². The molecular weight excluding hydrogens is 258 g/mol. The van der Waals surface area contributed by atoms with Crippen molar-refractivity contribution in [3.8, 4) is 0 Å². The zero-order valence-corrected chi connectivity index (χ0v) is 8.86. The van der Waals surface area contributed by atoms with Gasteiger partial charge in [0.05, 0.1) is 3.23 Å². The van der Waals surface area contributed by atoms with Crippen LogP contribution in [0.5, 0.6) is 0 Å². The Kier molecular flexibility index (Phi) is 1.67. The number of fused-ring (bicyclic) bond motifs is 1. The van der Waals surface area contributed by atoms with Gasteiger partial charge in [0.1, 0.15) is 0 Å². The zero-order chi connectivity index (χ0) is 7.35. The van der Waals surface area contributed by atoms with E-state index in [0.717, 1.165) is 24.3 Å². The van der Waals surface area contributed by atoms with Crippen molar-refractivity contribution in [2.75, 3.05) is 6.54 Å². The average Bonchev–Trinajstić information content (AvgIpc) is 2.37. The van der Waals surface area contributed by atoms with E-state index < -0.39 is 0 Å². The van der Waals surface area contributed by atoms with Gasteiger partial charge >= 0.3 is 0 Å². The van der Waals surface area contributed by atoms with Crippen molar-refractivity contribution >= 4 is 31.9 Å². The van der Waals surface area contributed by atoms with Gasteiger partial charge < -0.3 is 5.73 Å². The molecule has 0 aromatic carbocycles. The molecule has 10 heavy (non-hydrogen) atoms. The quantitative estimate of drug-likeness (QED) is 0.725. The van der Waals surface area contributed by atoms with Crippen molar-refractivity contribution < 1.29 is 0 Å². The number of hydrogen-bond donors (Lipinski definition) is 1. The number of halogens is 2. The number of rotatable bonds is 1. The summed E-state index contributed by atoms with van der Waals surface area (Å²) in [5.74, 6) is 2.53. The minimum Gasteiger partial charge on any atom is -0.330 e. The van der Waals surface area contributed by atoms with Crippen molar-refractivity contribution in [1.82, 2.24) is 0 Å². The summed E-state index contributed by atoms with van der Waals surface area (Å²) in [4.78, 5) is 0. The van der Waals surface area contributed by atoms with Gasteiger partial charge in [0, 0.05) is 0 Å². The first-order chi connectivity index (χ1) is 4.66. The van der Waals surface area contributed by atoms with Gasteiger partial charge in [-0.3, -0.25) is 0 Å². The highest BCUT2D eigenvalue weighted by molar-refractivity contribution is 9.25. The van der Waals surface area contributed by atoms with E-state index in [4.69, 9.17) is 5.73 Å². The molecule has 1 nitrogen and oxygen atoms in total. The fourth-order valence-electron chi connectivity index (χ4n) is 2.11. The molecular formula is C7H11Br2N. The molecule has 3 atom stereocenters. The van der Waals surface area contributed by atoms with Crippen LogP contribution in [0.4, 0.5) is 0 Å². The number of hydrogen-bond acceptors (Lipinski definition) is 1. The summed E-state index contributed by atoms with van der Waals surface area (Å²) in [6.07, 6.45) is 2.63. The van der Waals surface area contributed by atoms with E-state index in [2.05, 4.69) is 31.9 Å². The van der Waals surface area contributed by atoms with E-state index in [-0.39, 0.29) is 0 Å². The molecule has 2 aliphatic carbocycles. The Hall–Kier alpha value is 0.920. The van der Waals surface area contributed by atoms with Crippen LogP contribution >= 0.6 is 31.9 Å². The minimum absolute atomic E-state index is 0.311. The first-order valence-electron chi connectivity index (χ1n) is 3.74. The maximum atomic E-state index is 5.57. The Labute approximate surface area is 78.0 Å². The van der Waals surface area contributed by atoms with Crippen LogP contribution < -0.4 is 5.73 Å². The van der Waals surface area contributed by atoms with E-state index in [1.165, 1.54) is 12.8 Å². The van der Waals surface area contributed by atoms with Crippen molar-refractivity contribution in [3.05, 3.63) is 0 Å². The molecule has 0 heterocycles. The Bertz CT molecular complexity index is 144. The fraction of sp³-hybridized carbons (Fsp3) is 1.00. The highest BCUT2D eigenvalue weighted by atomic mass is 79.9. The fourth-order valence-corrected chi connectivity index (χ4v) is 3.87. The lowest BCUT2D eigenvalue weighted by atomic mass is 10.0. The van der Waals surface area contributed by atoms with Crippen molar-refractivity contribution in [3.63, 3.8) is 0 Å². The number of alkyl halides is 2. The molecule has 58 valence electrons. The summed E-state index contributed by atoms with van der Waals surface area (Å²) in [6, 6.07) is 0. The molecule has 2 rings (SSSR count). The van der Waals surface area contributed by atoms with Gasteiger partial charge in [0.15, 0.2) is 0 Å². The molecule has 1 unspecified atom stereocenters. The summed E-state index contributed by atoms with van der Waals surface area (Å²) >= 11 is 7.32. The molecule has 0 amide bonds. The predicted octanol–water partition coefficient (Wildman–Crippen LogP) is 2.09. The van der Waals surface area contributed by atoms with Crippen molar-refractivity contribution in [2.45, 2.75) is 16.1 Å². The van der Waals surface area contributed by atoms with E-state index in [9.17, 15) is 0 Å². The molecule has 0 radical (unpaired) electrons. The smallest absolute Gasteiger partial charge is 0.0868 e. The van der Waals surface area contributed by atoms with E-state index >= 15 is 0 Å². The SMILES string of the molecule is NCC1C[C@@H]2[C@H](C1)C2(Br)Br. The Balaban J connectivity index is 1.96. The molecule has 0 aromatic heterocycles. The number of nitrogens with two attached hydrogens (primary N) is 1. The van der Waals surface area contributed by atoms with Crippen molar-refractivity contribution in [1.29, 1.82) is 0 Å². The predicted molar refractivity (Wildman–Crippen MR) is 49.3 cm³/mol. The van der Waals surface area contributed by atoms with Crippen LogP contribution in [0.25, 0.3) is 0 Å². The van der Waals surface area contributed by atoms with Gasteiger partial charge in [0.25, 0.3) is 0 Å². The van der Waals surface area contributed by atoms with Gasteiger partial charge in [-0.1, -0.05) is 31.9 Å². The lowest BCUT2D eigenvalue weighted by Crippen LogP contribution is -2.15. The normalized spacial score (nSPS) is 48.9. The van der Waals surface area contributed by atoms with Crippen LogP contribution in [0.3, 0.4) is 0 Å². The summed E-state index contributed by atoms with van der Waals surface area (Å²) < 4.78 is 0.311. The Morgan fingerprint density at radius 3 is 2.20 bits per heavy atom. The lowest BCUT2D eigenvalue weighted by Gasteiger charge is -2.11. The Morgan fingerprint density at radius 2 is 1.80 bits per heavy atom. The first-order valence-corrected chi connectivity index (χ1v) is 5.32. The van der Waals surface area contributed by atoms with Gasteiger partial charge in [-0.05, 0) is 37.1 Å². The maximum Gasteiger partial charge on any atom is 0.0868 e. The monoisotopic (exact) mass is 267 g/mol. The van der Waals surface area contributed by atoms with E-state index in [1.807, 2.05) is 0 Å². The summed E-state index contributed by atoms with van der Waals surface area (Å²) in [5, 5.41) is 0. The van der Waals surface area contributed by atoms with Gasteiger partial charge in [-0.25, -0.2) is 0 Å². The second-order valence-electron chi connectivity index (χ2n) is 3.46. The molecule has 2 aliphatic rings. The van der Waals surface area contributed by atoms with Gasteiger partial charge in [-0.15, -0.1) is 0 Å². The van der Waals surface area contributed by atoms with Gasteiger partial charge in [0.2, 0.25) is 0 Å². The van der Waals surface area contributed by atoms with E-state index in [1.54, 1.807) is 0 Å². The standard InChI is InChI=1S/C7H11Br2N/c8-7(9)5-1-4(3-10)2-6(5)7/h4-6H,1-3,10H2/t4?,5-,6+. The second kappa shape index (κ2) is 2.20. The van der Waals surface area contributed by atoms with Crippen LogP contribution in [0, 0.1) is 17.8 Å². The molecule has 0 bridgehead atoms. The molecule has 2 saturated carbocycles. The summed E-state index contributed by atoms with van der Waals surface area (Å²) in [7, 11) is 0. The molecule has 2 N–H and O–H groups in total. The molecule has 2 fully saturated rings. The van der Waals surface area contributed by atoms with Crippen LogP contribution in [0.2, 0.25) is 0 Å². The molecule has 0 aliphatic heterocycles. The van der Waals surface area contributed by atoms with Crippen LogP contribution in [0.15, 0.2) is 0 Å². The zero-order valence-electron chi connectivity index (χ0n) is 5.69. The third-order valence-electron chi connectivity index (χ3n) is 2.87. The molecule has 0 aromatic rings. The highest BCUT2D eigenvalue weighted by Gasteiger charge is 2.65. The third-order valence-corrected chi connectivity index (χ3v) is 5.23. The van der Waals surface area contributed by atoms with Gasteiger partial charge in [-0.2, -0.15) is 0 Å². The van der Waals surface area contributed by atoms with Crippen LogP contribution in [-0.4, -0.2) is 9.78 Å². The lowest BCUT2D eigenvalue weighted by molar-refractivity contribution is 0.498. The largest absolute Gasteiger partial charge is 0.330 e. The Morgan fingerprint density at radius 1 is 1.30 bits per heavy atom. The van der Waals surface area contributed by atoms with Crippen molar-refractivity contribution in [2.24, 2.45) is 23.5 Å². The highest BCUT2D eigenvalue weighted by Crippen LogP contribution is 2.70. The second-order valence-corrected chi connectivity index (χ2v) is 7.15. The average molecular weight is 269 g/mol. The van der Waals surface area contributed by atoms with Crippen LogP contribution in [0.1, 0.15) is 12.8 Å². The first kappa shape index (κ1) is 7.56.